The van der Waals surface area contributed by atoms with Gasteiger partial charge in [0.1, 0.15) is 22.7 Å². The second-order valence-corrected chi connectivity index (χ2v) is 6.85. The lowest BCUT2D eigenvalue weighted by Crippen LogP contribution is -2.48. The van der Waals surface area contributed by atoms with Crippen molar-refractivity contribution in [3.63, 3.8) is 0 Å². The van der Waals surface area contributed by atoms with Gasteiger partial charge in [-0.25, -0.2) is 14.6 Å². The van der Waals surface area contributed by atoms with Crippen molar-refractivity contribution in [2.45, 2.75) is 6.92 Å². The van der Waals surface area contributed by atoms with E-state index in [4.69, 9.17) is 14.6 Å². The molecule has 0 unspecified atom stereocenters. The third kappa shape index (κ3) is 4.00. The Morgan fingerprint density at radius 2 is 1.97 bits per heavy atom. The largest absolute Gasteiger partial charge is 0.465 e. The van der Waals surface area contributed by atoms with Gasteiger partial charge in [0.2, 0.25) is 0 Å². The second-order valence-electron chi connectivity index (χ2n) is 6.85. The number of amides is 1. The molecule has 1 amide bonds. The standard InChI is InChI=1S/C21H22N4O5/c1-2-29-20(26)17-4-3-15(24-7-9-25(10-8-24)21(27)28)12-18(17)30-16-11-14-5-6-22-19(14)23-13-16/h3-6,11-13H,2,7-10H2,1H3,(H,22,23)(H,27,28). The fraction of sp³-hybridized carbons (Fsp3) is 0.286. The number of aromatic nitrogens is 2. The van der Waals surface area contributed by atoms with E-state index in [1.807, 2.05) is 18.2 Å². The van der Waals surface area contributed by atoms with Crippen LogP contribution in [0.25, 0.3) is 11.0 Å². The van der Waals surface area contributed by atoms with E-state index in [1.54, 1.807) is 31.5 Å². The van der Waals surface area contributed by atoms with Crippen LogP contribution < -0.4 is 9.64 Å². The van der Waals surface area contributed by atoms with E-state index in [1.165, 1.54) is 4.90 Å². The number of nitrogens with one attached hydrogen (secondary N) is 1. The molecule has 3 aromatic rings. The summed E-state index contributed by atoms with van der Waals surface area (Å²) in [6.07, 6.45) is 2.47. The number of hydrogen-bond acceptors (Lipinski definition) is 6. The van der Waals surface area contributed by atoms with Crippen LogP contribution in [0, 0.1) is 0 Å². The molecule has 3 heterocycles. The van der Waals surface area contributed by atoms with Crippen molar-refractivity contribution in [3.8, 4) is 11.5 Å². The average Bonchev–Trinajstić information content (AvgIpc) is 3.22. The highest BCUT2D eigenvalue weighted by atomic mass is 16.5. The van der Waals surface area contributed by atoms with Gasteiger partial charge in [0, 0.05) is 49.5 Å². The Balaban J connectivity index is 1.62. The smallest absolute Gasteiger partial charge is 0.407 e. The molecule has 9 heteroatoms. The third-order valence-electron chi connectivity index (χ3n) is 4.98. The lowest BCUT2D eigenvalue weighted by Gasteiger charge is -2.34. The molecular weight excluding hydrogens is 388 g/mol. The van der Waals surface area contributed by atoms with Gasteiger partial charge in [-0.05, 0) is 31.2 Å². The minimum absolute atomic E-state index is 0.258. The first-order valence-corrected chi connectivity index (χ1v) is 9.70. The lowest BCUT2D eigenvalue weighted by atomic mass is 10.1. The van der Waals surface area contributed by atoms with Crippen LogP contribution in [0.2, 0.25) is 0 Å². The van der Waals surface area contributed by atoms with Crippen LogP contribution in [0.15, 0.2) is 42.7 Å². The van der Waals surface area contributed by atoms with Gasteiger partial charge in [-0.2, -0.15) is 0 Å². The molecule has 0 atom stereocenters. The first kappa shape index (κ1) is 19.6. The van der Waals surface area contributed by atoms with E-state index in [2.05, 4.69) is 14.9 Å². The van der Waals surface area contributed by atoms with E-state index < -0.39 is 12.1 Å². The molecule has 1 aliphatic heterocycles. The second kappa shape index (κ2) is 8.32. The van der Waals surface area contributed by atoms with Gasteiger partial charge in [-0.3, -0.25) is 0 Å². The minimum atomic E-state index is -0.913. The number of anilines is 1. The van der Waals surface area contributed by atoms with Gasteiger partial charge in [-0.1, -0.05) is 0 Å². The Bertz CT molecular complexity index is 1070. The Morgan fingerprint density at radius 3 is 2.70 bits per heavy atom. The number of hydrogen-bond donors (Lipinski definition) is 2. The van der Waals surface area contributed by atoms with Crippen LogP contribution in [0.4, 0.5) is 10.5 Å². The molecule has 1 fully saturated rings. The number of pyridine rings is 1. The summed E-state index contributed by atoms with van der Waals surface area (Å²) in [6, 6.07) is 9.01. The Kier molecular flexibility index (Phi) is 5.42. The molecule has 0 radical (unpaired) electrons. The van der Waals surface area contributed by atoms with Crippen LogP contribution in [-0.2, 0) is 4.74 Å². The van der Waals surface area contributed by atoms with Gasteiger partial charge >= 0.3 is 12.1 Å². The highest BCUT2D eigenvalue weighted by molar-refractivity contribution is 5.93. The summed E-state index contributed by atoms with van der Waals surface area (Å²) in [7, 11) is 0. The predicted octanol–water partition coefficient (Wildman–Crippen LogP) is 3.33. The number of esters is 1. The molecule has 0 saturated carbocycles. The summed E-state index contributed by atoms with van der Waals surface area (Å²) < 4.78 is 11.2. The van der Waals surface area contributed by atoms with E-state index in [9.17, 15) is 9.59 Å². The summed E-state index contributed by atoms with van der Waals surface area (Å²) >= 11 is 0. The molecule has 2 N–H and O–H groups in total. The quantitative estimate of drug-likeness (QED) is 0.621. The summed E-state index contributed by atoms with van der Waals surface area (Å²) in [5.41, 5.74) is 1.91. The number of nitrogens with zero attached hydrogens (tertiary/aromatic N) is 3. The van der Waals surface area contributed by atoms with Crippen LogP contribution >= 0.6 is 0 Å². The maximum Gasteiger partial charge on any atom is 0.407 e. The zero-order valence-corrected chi connectivity index (χ0v) is 16.5. The molecule has 1 aliphatic rings. The number of rotatable bonds is 5. The minimum Gasteiger partial charge on any atom is -0.465 e. The van der Waals surface area contributed by atoms with Gasteiger partial charge in [0.25, 0.3) is 0 Å². The van der Waals surface area contributed by atoms with Gasteiger partial charge in [0.15, 0.2) is 0 Å². The normalized spacial score (nSPS) is 14.0. The molecule has 156 valence electrons. The van der Waals surface area contributed by atoms with Crippen LogP contribution in [-0.4, -0.2) is 64.8 Å². The summed E-state index contributed by atoms with van der Waals surface area (Å²) in [6.45, 7) is 3.95. The first-order valence-electron chi connectivity index (χ1n) is 9.70. The van der Waals surface area contributed by atoms with Gasteiger partial charge in [0.05, 0.1) is 12.8 Å². The molecular formula is C21H22N4O5. The van der Waals surface area contributed by atoms with Crippen molar-refractivity contribution < 1.29 is 24.2 Å². The zero-order chi connectivity index (χ0) is 21.1. The maximum atomic E-state index is 12.4. The highest BCUT2D eigenvalue weighted by Gasteiger charge is 2.23. The number of aromatic amines is 1. The number of H-pyrrole nitrogens is 1. The number of carboxylic acid groups (broad SMARTS) is 1. The summed E-state index contributed by atoms with van der Waals surface area (Å²) in [5.74, 6) is 0.397. The Hall–Kier alpha value is -3.75. The number of carbonyl (C=O) groups excluding carboxylic acids is 1. The van der Waals surface area contributed by atoms with Gasteiger partial charge < -0.3 is 29.4 Å². The van der Waals surface area contributed by atoms with Crippen molar-refractivity contribution in [1.82, 2.24) is 14.9 Å². The SMILES string of the molecule is CCOC(=O)c1ccc(N2CCN(C(=O)O)CC2)cc1Oc1cnc2[nH]ccc2c1. The van der Waals surface area contributed by atoms with E-state index >= 15 is 0 Å². The Morgan fingerprint density at radius 1 is 1.17 bits per heavy atom. The summed E-state index contributed by atoms with van der Waals surface area (Å²) in [4.78, 5) is 34.4. The number of benzene rings is 1. The van der Waals surface area contributed by atoms with Crippen molar-refractivity contribution in [2.75, 3.05) is 37.7 Å². The number of carbonyl (C=O) groups is 2. The predicted molar refractivity (Wildman–Crippen MR) is 110 cm³/mol. The molecule has 0 aliphatic carbocycles. The summed E-state index contributed by atoms with van der Waals surface area (Å²) in [5, 5.41) is 10.0. The molecule has 4 rings (SSSR count). The molecule has 2 aromatic heterocycles. The number of ether oxygens (including phenoxy) is 2. The van der Waals surface area contributed by atoms with E-state index in [-0.39, 0.29) is 6.61 Å². The first-order chi connectivity index (χ1) is 14.5. The zero-order valence-electron chi connectivity index (χ0n) is 16.5. The van der Waals surface area contributed by atoms with Crippen LogP contribution in [0.3, 0.4) is 0 Å². The topological polar surface area (TPSA) is 108 Å². The molecule has 1 aromatic carbocycles. The Labute approximate surface area is 172 Å². The van der Waals surface area contributed by atoms with Crippen molar-refractivity contribution >= 4 is 28.8 Å². The fourth-order valence-corrected chi connectivity index (χ4v) is 3.43. The monoisotopic (exact) mass is 410 g/mol. The lowest BCUT2D eigenvalue weighted by molar-refractivity contribution is 0.0523. The number of piperazine rings is 1. The highest BCUT2D eigenvalue weighted by Crippen LogP contribution is 2.32. The van der Waals surface area contributed by atoms with E-state index in [0.29, 0.717) is 43.2 Å². The number of fused-ring (bicyclic) bond motifs is 1. The van der Waals surface area contributed by atoms with Crippen LogP contribution in [0.5, 0.6) is 11.5 Å². The molecule has 1 saturated heterocycles. The van der Waals surface area contributed by atoms with Crippen molar-refractivity contribution in [1.29, 1.82) is 0 Å². The molecule has 30 heavy (non-hydrogen) atoms. The molecule has 0 bridgehead atoms. The van der Waals surface area contributed by atoms with Gasteiger partial charge in [-0.15, -0.1) is 0 Å². The van der Waals surface area contributed by atoms with Crippen LogP contribution in [0.1, 0.15) is 17.3 Å². The van der Waals surface area contributed by atoms with E-state index in [0.717, 1.165) is 16.7 Å². The van der Waals surface area contributed by atoms with Crippen molar-refractivity contribution in [2.24, 2.45) is 0 Å². The maximum absolute atomic E-state index is 12.4. The fourth-order valence-electron chi connectivity index (χ4n) is 3.43. The molecule has 0 spiro atoms. The molecule has 9 nitrogen and oxygen atoms in total. The third-order valence-corrected chi connectivity index (χ3v) is 4.98. The average molecular weight is 410 g/mol. The van der Waals surface area contributed by atoms with Crippen molar-refractivity contribution in [3.05, 3.63) is 48.3 Å².